The van der Waals surface area contributed by atoms with Crippen molar-refractivity contribution in [3.63, 3.8) is 0 Å². The van der Waals surface area contributed by atoms with Crippen LogP contribution in [0.1, 0.15) is 10.4 Å². The zero-order valence-corrected chi connectivity index (χ0v) is 16.7. The molecule has 2 N–H and O–H groups in total. The van der Waals surface area contributed by atoms with Crippen molar-refractivity contribution >= 4 is 18.1 Å². The molecule has 1 aliphatic heterocycles. The first-order valence-electron chi connectivity index (χ1n) is 9.83. The van der Waals surface area contributed by atoms with Crippen LogP contribution < -0.4 is 15.4 Å². The highest BCUT2D eigenvalue weighted by molar-refractivity contribution is 5.99. The number of nitrogens with two attached hydrogens (primary N) is 1. The number of nitrogens with zero attached hydrogens (tertiary/aromatic N) is 3. The third-order valence-corrected chi connectivity index (χ3v) is 5.13. The summed E-state index contributed by atoms with van der Waals surface area (Å²) in [5.74, 6) is 0.258. The van der Waals surface area contributed by atoms with Gasteiger partial charge in [0.05, 0.1) is 11.3 Å². The molecule has 2 amide bonds. The topological polar surface area (TPSA) is 88.8 Å². The van der Waals surface area contributed by atoms with Gasteiger partial charge in [0.2, 0.25) is 6.41 Å². The number of carbonyl (C=O) groups excluding carboxylic acids is 2. The molecule has 4 rings (SSSR count). The van der Waals surface area contributed by atoms with Crippen LogP contribution in [-0.4, -0.2) is 48.4 Å². The Morgan fingerprint density at radius 1 is 1.00 bits per heavy atom. The number of pyridine rings is 1. The molecule has 0 atom stereocenters. The van der Waals surface area contributed by atoms with Gasteiger partial charge >= 0.3 is 0 Å². The Balaban J connectivity index is 1.60. The number of piperazine rings is 1. The summed E-state index contributed by atoms with van der Waals surface area (Å²) in [7, 11) is 0. The van der Waals surface area contributed by atoms with E-state index >= 15 is 0 Å². The summed E-state index contributed by atoms with van der Waals surface area (Å²) in [5.41, 5.74) is 7.01. The number of carbonyl (C=O) groups is 2. The lowest BCUT2D eigenvalue weighted by molar-refractivity contribution is -0.118. The number of hydrogen-bond donors (Lipinski definition) is 1. The number of ether oxygens (including phenoxy) is 1. The maximum atomic E-state index is 13.8. The minimum Gasteiger partial charge on any atom is -0.454 e. The SMILES string of the molecule is NC(=O)c1ccc(N2CCN(C=O)CC2)nc1-c1ccc(Oc2ccccc2F)cc1. The van der Waals surface area contributed by atoms with Crippen LogP contribution in [0.4, 0.5) is 10.2 Å². The van der Waals surface area contributed by atoms with Crippen LogP contribution in [0.5, 0.6) is 11.5 Å². The van der Waals surface area contributed by atoms with E-state index in [1.54, 1.807) is 59.5 Å². The molecule has 1 aromatic heterocycles. The molecule has 0 unspecified atom stereocenters. The highest BCUT2D eigenvalue weighted by atomic mass is 19.1. The first kappa shape index (κ1) is 20.3. The number of rotatable bonds is 6. The molecule has 0 bridgehead atoms. The second kappa shape index (κ2) is 8.83. The number of hydrogen-bond acceptors (Lipinski definition) is 5. The first-order chi connectivity index (χ1) is 15.0. The molecule has 0 saturated carbocycles. The number of halogens is 1. The second-order valence-electron chi connectivity index (χ2n) is 7.12. The molecule has 8 heteroatoms. The maximum Gasteiger partial charge on any atom is 0.250 e. The number of aromatic nitrogens is 1. The van der Waals surface area contributed by atoms with Crippen molar-refractivity contribution in [3.8, 4) is 22.8 Å². The van der Waals surface area contributed by atoms with E-state index < -0.39 is 11.7 Å². The van der Waals surface area contributed by atoms with E-state index in [9.17, 15) is 14.0 Å². The van der Waals surface area contributed by atoms with Crippen molar-refractivity contribution in [2.75, 3.05) is 31.1 Å². The van der Waals surface area contributed by atoms with Gasteiger partial charge < -0.3 is 20.3 Å². The highest BCUT2D eigenvalue weighted by Crippen LogP contribution is 2.29. The maximum absolute atomic E-state index is 13.8. The van der Waals surface area contributed by atoms with E-state index in [-0.39, 0.29) is 5.75 Å². The molecule has 1 saturated heterocycles. The van der Waals surface area contributed by atoms with Crippen molar-refractivity contribution in [2.45, 2.75) is 0 Å². The summed E-state index contributed by atoms with van der Waals surface area (Å²) in [6.45, 7) is 2.52. The van der Waals surface area contributed by atoms with E-state index in [0.717, 1.165) is 6.41 Å². The van der Waals surface area contributed by atoms with Gasteiger partial charge in [0.1, 0.15) is 11.6 Å². The van der Waals surface area contributed by atoms with E-state index in [0.29, 0.717) is 54.6 Å². The fourth-order valence-corrected chi connectivity index (χ4v) is 3.44. The van der Waals surface area contributed by atoms with Gasteiger partial charge in [-0.1, -0.05) is 12.1 Å². The quantitative estimate of drug-likeness (QED) is 0.619. The van der Waals surface area contributed by atoms with Crippen LogP contribution in [0.3, 0.4) is 0 Å². The van der Waals surface area contributed by atoms with Gasteiger partial charge in [-0.2, -0.15) is 0 Å². The number of amides is 2. The molecule has 0 radical (unpaired) electrons. The Bertz CT molecular complexity index is 1100. The lowest BCUT2D eigenvalue weighted by Gasteiger charge is -2.33. The molecule has 0 spiro atoms. The smallest absolute Gasteiger partial charge is 0.250 e. The van der Waals surface area contributed by atoms with Crippen LogP contribution in [0, 0.1) is 5.82 Å². The summed E-state index contributed by atoms with van der Waals surface area (Å²) in [5, 5.41) is 0. The minimum atomic E-state index is -0.577. The van der Waals surface area contributed by atoms with Gasteiger partial charge in [-0.15, -0.1) is 0 Å². The average Bonchev–Trinajstić information content (AvgIpc) is 2.81. The van der Waals surface area contributed by atoms with Crippen LogP contribution in [0.25, 0.3) is 11.3 Å². The van der Waals surface area contributed by atoms with Gasteiger partial charge in [-0.05, 0) is 48.5 Å². The molecule has 2 heterocycles. The zero-order valence-electron chi connectivity index (χ0n) is 16.7. The van der Waals surface area contributed by atoms with Crippen LogP contribution in [0.15, 0.2) is 60.7 Å². The number of benzene rings is 2. The molecule has 2 aromatic carbocycles. The monoisotopic (exact) mass is 420 g/mol. The van der Waals surface area contributed by atoms with Gasteiger partial charge in [0.25, 0.3) is 5.91 Å². The summed E-state index contributed by atoms with van der Waals surface area (Å²) < 4.78 is 19.4. The molecule has 31 heavy (non-hydrogen) atoms. The summed E-state index contributed by atoms with van der Waals surface area (Å²) in [6.07, 6.45) is 0.845. The molecule has 0 aliphatic carbocycles. The molecule has 1 fully saturated rings. The van der Waals surface area contributed by atoms with Crippen LogP contribution in [0.2, 0.25) is 0 Å². The Hall–Kier alpha value is -3.94. The van der Waals surface area contributed by atoms with E-state index in [1.807, 2.05) is 0 Å². The minimum absolute atomic E-state index is 0.127. The third-order valence-electron chi connectivity index (χ3n) is 5.13. The zero-order chi connectivity index (χ0) is 21.8. The van der Waals surface area contributed by atoms with Gasteiger partial charge in [-0.25, -0.2) is 9.37 Å². The summed E-state index contributed by atoms with van der Waals surface area (Å²) >= 11 is 0. The number of primary amides is 1. The number of para-hydroxylation sites is 1. The molecule has 1 aliphatic rings. The van der Waals surface area contributed by atoms with Gasteiger partial charge in [0.15, 0.2) is 11.6 Å². The van der Waals surface area contributed by atoms with Crippen molar-refractivity contribution in [2.24, 2.45) is 5.73 Å². The largest absolute Gasteiger partial charge is 0.454 e. The second-order valence-corrected chi connectivity index (χ2v) is 7.12. The summed E-state index contributed by atoms with van der Waals surface area (Å²) in [6, 6.07) is 16.4. The third kappa shape index (κ3) is 4.48. The fraction of sp³-hybridized carbons (Fsp3) is 0.174. The first-order valence-corrected chi connectivity index (χ1v) is 9.83. The molecular formula is C23H21FN4O3. The van der Waals surface area contributed by atoms with E-state index in [4.69, 9.17) is 10.5 Å². The van der Waals surface area contributed by atoms with Crippen molar-refractivity contribution < 1.29 is 18.7 Å². The normalized spacial score (nSPS) is 13.7. The van der Waals surface area contributed by atoms with Crippen molar-refractivity contribution in [1.82, 2.24) is 9.88 Å². The Kier molecular flexibility index (Phi) is 5.79. The van der Waals surface area contributed by atoms with E-state index in [1.165, 1.54) is 6.07 Å². The van der Waals surface area contributed by atoms with Gasteiger partial charge in [-0.3, -0.25) is 9.59 Å². The lowest BCUT2D eigenvalue weighted by Crippen LogP contribution is -2.46. The van der Waals surface area contributed by atoms with Crippen LogP contribution >= 0.6 is 0 Å². The van der Waals surface area contributed by atoms with Crippen molar-refractivity contribution in [1.29, 1.82) is 0 Å². The average molecular weight is 420 g/mol. The van der Waals surface area contributed by atoms with E-state index in [2.05, 4.69) is 9.88 Å². The molecule has 3 aromatic rings. The Morgan fingerprint density at radius 3 is 2.35 bits per heavy atom. The lowest BCUT2D eigenvalue weighted by atomic mass is 10.0. The standard InChI is InChI=1S/C23H21FN4O3/c24-19-3-1-2-4-20(19)31-17-7-5-16(6-8-17)22-18(23(25)30)9-10-21(26-22)28-13-11-27(15-29)12-14-28/h1-10,15H,11-14H2,(H2,25,30). The van der Waals surface area contributed by atoms with Gasteiger partial charge in [0, 0.05) is 31.7 Å². The number of anilines is 1. The predicted molar refractivity (Wildman–Crippen MR) is 115 cm³/mol. The predicted octanol–water partition coefficient (Wildman–Crippen LogP) is 3.06. The summed E-state index contributed by atoms with van der Waals surface area (Å²) in [4.78, 5) is 31.4. The molecule has 158 valence electrons. The Morgan fingerprint density at radius 2 is 1.71 bits per heavy atom. The Labute approximate surface area is 178 Å². The molecular weight excluding hydrogens is 399 g/mol. The van der Waals surface area contributed by atoms with Crippen molar-refractivity contribution in [3.05, 3.63) is 72.0 Å². The fourth-order valence-electron chi connectivity index (χ4n) is 3.44. The highest BCUT2D eigenvalue weighted by Gasteiger charge is 2.20. The molecule has 7 nitrogen and oxygen atoms in total. The van der Waals surface area contributed by atoms with Crippen LogP contribution in [-0.2, 0) is 4.79 Å².